The van der Waals surface area contributed by atoms with E-state index in [2.05, 4.69) is 41.7 Å². The van der Waals surface area contributed by atoms with Crippen molar-refractivity contribution in [2.24, 2.45) is 5.73 Å². The molecule has 3 rings (SSSR count). The normalized spacial score (nSPS) is 12.1. The summed E-state index contributed by atoms with van der Waals surface area (Å²) >= 11 is 1.65. The van der Waals surface area contributed by atoms with Crippen LogP contribution in [-0.4, -0.2) is 82.9 Å². The molecule has 43 heavy (non-hydrogen) atoms. The maximum absolute atomic E-state index is 12.8. The number of nitrogens with one attached hydrogen (secondary N) is 1. The molecular formula is C34H44N2O6S. The monoisotopic (exact) mass is 608 g/mol. The second-order valence-corrected chi connectivity index (χ2v) is 11.0. The summed E-state index contributed by atoms with van der Waals surface area (Å²) < 4.78 is 21.1. The zero-order chi connectivity index (χ0) is 30.6. The highest BCUT2D eigenvalue weighted by atomic mass is 32.2. The van der Waals surface area contributed by atoms with E-state index in [1.807, 2.05) is 54.6 Å². The quantitative estimate of drug-likeness (QED) is 0.129. The first kappa shape index (κ1) is 34.4. The van der Waals surface area contributed by atoms with Crippen molar-refractivity contribution in [1.29, 1.82) is 0 Å². The van der Waals surface area contributed by atoms with Crippen LogP contribution in [0, 0.1) is 0 Å². The number of ether oxygens (including phenoxy) is 4. The fraction of sp³-hybridized carbons (Fsp3) is 0.412. The molecule has 0 aliphatic rings. The van der Waals surface area contributed by atoms with Crippen molar-refractivity contribution < 1.29 is 28.5 Å². The predicted molar refractivity (Wildman–Crippen MR) is 171 cm³/mol. The van der Waals surface area contributed by atoms with Crippen LogP contribution in [0.4, 0.5) is 0 Å². The molecule has 0 unspecified atom stereocenters. The number of amides is 1. The number of ketones is 1. The van der Waals surface area contributed by atoms with Gasteiger partial charge in [-0.2, -0.15) is 0 Å². The van der Waals surface area contributed by atoms with Crippen molar-refractivity contribution in [3.8, 4) is 0 Å². The Morgan fingerprint density at radius 2 is 1.07 bits per heavy atom. The van der Waals surface area contributed by atoms with Crippen LogP contribution in [0.15, 0.2) is 91.0 Å². The van der Waals surface area contributed by atoms with Crippen LogP contribution in [-0.2, 0) is 33.3 Å². The predicted octanol–water partition coefficient (Wildman–Crippen LogP) is 4.20. The van der Waals surface area contributed by atoms with E-state index in [-0.39, 0.29) is 24.7 Å². The summed E-state index contributed by atoms with van der Waals surface area (Å²) in [7, 11) is 0. The lowest BCUT2D eigenvalue weighted by molar-refractivity contribution is -0.127. The standard InChI is InChI=1S/C34H44N2O6S/c1-28(37)32(36-33(38)17-19-39-21-23-41-25-26-42-24-22-40-20-18-35)27-43-34(29-11-5-2-6-12-29,30-13-7-3-8-14-30)31-15-9-4-10-16-31/h2-16,32H,17-27,35H2,1H3,(H,36,38)/t32-/m0/s1. The number of hydrogen-bond donors (Lipinski definition) is 2. The third-order valence-electron chi connectivity index (χ3n) is 6.69. The highest BCUT2D eigenvalue weighted by Gasteiger charge is 2.38. The van der Waals surface area contributed by atoms with Crippen molar-refractivity contribution >= 4 is 23.5 Å². The lowest BCUT2D eigenvalue weighted by Crippen LogP contribution is -2.43. The third kappa shape index (κ3) is 11.5. The van der Waals surface area contributed by atoms with E-state index >= 15 is 0 Å². The molecule has 232 valence electrons. The number of hydrogen-bond acceptors (Lipinski definition) is 8. The number of Topliss-reactive ketones (excluding diaryl/α,β-unsaturated/α-hetero) is 1. The van der Waals surface area contributed by atoms with Gasteiger partial charge in [0, 0.05) is 18.7 Å². The van der Waals surface area contributed by atoms with Crippen LogP contribution in [0.1, 0.15) is 30.0 Å². The first-order valence-corrected chi connectivity index (χ1v) is 15.7. The maximum atomic E-state index is 12.8. The van der Waals surface area contributed by atoms with Crippen LogP contribution in [0.5, 0.6) is 0 Å². The average Bonchev–Trinajstić information content (AvgIpc) is 3.04. The summed E-state index contributed by atoms with van der Waals surface area (Å²) in [5.74, 6) is 0.0819. The molecule has 1 atom stereocenters. The zero-order valence-corrected chi connectivity index (χ0v) is 25.8. The summed E-state index contributed by atoms with van der Waals surface area (Å²) in [6, 6.07) is 30.2. The number of benzene rings is 3. The molecule has 0 fully saturated rings. The van der Waals surface area contributed by atoms with Gasteiger partial charge in [0.15, 0.2) is 5.78 Å². The molecule has 8 nitrogen and oxygen atoms in total. The lowest BCUT2D eigenvalue weighted by Gasteiger charge is -2.36. The Bertz CT molecular complexity index is 1090. The van der Waals surface area contributed by atoms with Gasteiger partial charge in [-0.25, -0.2) is 0 Å². The molecule has 0 aromatic heterocycles. The number of rotatable bonds is 22. The second kappa shape index (κ2) is 20.0. The number of nitrogens with two attached hydrogens (primary N) is 1. The van der Waals surface area contributed by atoms with E-state index in [9.17, 15) is 9.59 Å². The molecule has 9 heteroatoms. The lowest BCUT2D eigenvalue weighted by atomic mass is 9.84. The summed E-state index contributed by atoms with van der Waals surface area (Å²) in [5.41, 5.74) is 8.66. The van der Waals surface area contributed by atoms with Crippen molar-refractivity contribution in [3.05, 3.63) is 108 Å². The minimum atomic E-state index is -0.642. The van der Waals surface area contributed by atoms with E-state index in [0.717, 1.165) is 16.7 Å². The average molecular weight is 609 g/mol. The summed E-state index contributed by atoms with van der Waals surface area (Å²) in [6.45, 7) is 5.50. The van der Waals surface area contributed by atoms with Crippen molar-refractivity contribution in [2.75, 3.05) is 65.2 Å². The molecule has 0 spiro atoms. The van der Waals surface area contributed by atoms with Gasteiger partial charge in [-0.3, -0.25) is 9.59 Å². The van der Waals surface area contributed by atoms with Crippen molar-refractivity contribution in [1.82, 2.24) is 5.32 Å². The Balaban J connectivity index is 1.52. The van der Waals surface area contributed by atoms with Crippen LogP contribution >= 0.6 is 11.8 Å². The van der Waals surface area contributed by atoms with Crippen LogP contribution in [0.25, 0.3) is 0 Å². The Morgan fingerprint density at radius 1 is 0.674 bits per heavy atom. The molecule has 0 aliphatic carbocycles. The van der Waals surface area contributed by atoms with E-state index in [1.165, 1.54) is 6.92 Å². The Morgan fingerprint density at radius 3 is 1.47 bits per heavy atom. The molecular weight excluding hydrogens is 564 g/mol. The van der Waals surface area contributed by atoms with Gasteiger partial charge in [0.1, 0.15) is 0 Å². The minimum Gasteiger partial charge on any atom is -0.379 e. The molecule has 0 radical (unpaired) electrons. The Labute approximate surface area is 259 Å². The van der Waals surface area contributed by atoms with Crippen LogP contribution in [0.3, 0.4) is 0 Å². The Kier molecular flexibility index (Phi) is 16.0. The van der Waals surface area contributed by atoms with Crippen molar-refractivity contribution in [3.63, 3.8) is 0 Å². The molecule has 3 aromatic rings. The summed E-state index contributed by atoms with van der Waals surface area (Å²) in [5, 5.41) is 2.93. The van der Waals surface area contributed by atoms with Gasteiger partial charge in [-0.05, 0) is 23.6 Å². The molecule has 0 saturated heterocycles. The van der Waals surface area contributed by atoms with Crippen LogP contribution in [0.2, 0.25) is 0 Å². The molecule has 1 amide bonds. The molecule has 0 saturated carbocycles. The fourth-order valence-electron chi connectivity index (χ4n) is 4.51. The molecule has 3 aromatic carbocycles. The molecule has 0 aliphatic heterocycles. The van der Waals surface area contributed by atoms with E-state index in [0.29, 0.717) is 58.5 Å². The van der Waals surface area contributed by atoms with Gasteiger partial charge in [0.25, 0.3) is 0 Å². The number of thioether (sulfide) groups is 1. The zero-order valence-electron chi connectivity index (χ0n) is 25.0. The SMILES string of the molecule is CC(=O)[C@H](CSC(c1ccccc1)(c1ccccc1)c1ccccc1)NC(=O)CCOCCOCCOCCOCCN. The van der Waals surface area contributed by atoms with E-state index in [1.54, 1.807) is 11.8 Å². The summed E-state index contributed by atoms with van der Waals surface area (Å²) in [4.78, 5) is 25.5. The first-order valence-electron chi connectivity index (χ1n) is 14.7. The largest absolute Gasteiger partial charge is 0.379 e. The van der Waals surface area contributed by atoms with Gasteiger partial charge in [0.05, 0.1) is 63.6 Å². The first-order chi connectivity index (χ1) is 21.1. The Hall–Kier alpha value is -3.05. The van der Waals surface area contributed by atoms with Gasteiger partial charge in [-0.1, -0.05) is 91.0 Å². The van der Waals surface area contributed by atoms with Gasteiger partial charge in [0.2, 0.25) is 5.91 Å². The number of carbonyl (C=O) groups excluding carboxylic acids is 2. The highest BCUT2D eigenvalue weighted by Crippen LogP contribution is 2.48. The topological polar surface area (TPSA) is 109 Å². The minimum absolute atomic E-state index is 0.0913. The molecule has 0 heterocycles. The van der Waals surface area contributed by atoms with Gasteiger partial charge >= 0.3 is 0 Å². The molecule has 0 bridgehead atoms. The number of carbonyl (C=O) groups is 2. The maximum Gasteiger partial charge on any atom is 0.222 e. The van der Waals surface area contributed by atoms with E-state index in [4.69, 9.17) is 24.7 Å². The van der Waals surface area contributed by atoms with Gasteiger partial charge < -0.3 is 30.0 Å². The molecule has 3 N–H and O–H groups in total. The second-order valence-electron chi connectivity index (χ2n) is 9.81. The smallest absolute Gasteiger partial charge is 0.222 e. The summed E-state index contributed by atoms with van der Waals surface area (Å²) in [6.07, 6.45) is 0.154. The van der Waals surface area contributed by atoms with E-state index < -0.39 is 10.8 Å². The third-order valence-corrected chi connectivity index (χ3v) is 8.33. The highest BCUT2D eigenvalue weighted by molar-refractivity contribution is 8.00. The van der Waals surface area contributed by atoms with Crippen molar-refractivity contribution in [2.45, 2.75) is 24.1 Å². The fourth-order valence-corrected chi connectivity index (χ4v) is 6.16. The van der Waals surface area contributed by atoms with Gasteiger partial charge in [-0.15, -0.1) is 11.8 Å². The van der Waals surface area contributed by atoms with Crippen LogP contribution < -0.4 is 11.1 Å².